The van der Waals surface area contributed by atoms with Gasteiger partial charge in [0.2, 0.25) is 18.6 Å². The Labute approximate surface area is 202 Å². The largest absolute Gasteiger partial charge is 0.454 e. The van der Waals surface area contributed by atoms with Gasteiger partial charge in [-0.1, -0.05) is 23.1 Å². The van der Waals surface area contributed by atoms with Crippen molar-refractivity contribution in [2.75, 3.05) is 49.1 Å². The Morgan fingerprint density at radius 2 is 1.97 bits per heavy atom. The van der Waals surface area contributed by atoms with Gasteiger partial charge < -0.3 is 28.8 Å². The molecule has 0 saturated carbocycles. The van der Waals surface area contributed by atoms with Crippen LogP contribution in [0.4, 0.5) is 10.8 Å². The third kappa shape index (κ3) is 4.39. The van der Waals surface area contributed by atoms with Gasteiger partial charge in [0.05, 0.1) is 29.2 Å². The SMILES string of the molecule is O=C(CSc1nnc(-c2ccc3c(c2)OCO3)o1)Nc1ccc2nc(N3CCOCC3)sc2c1. The number of rotatable bonds is 6. The lowest BCUT2D eigenvalue weighted by Crippen LogP contribution is -2.36. The second-order valence-corrected chi connectivity index (χ2v) is 9.49. The van der Waals surface area contributed by atoms with E-state index in [0.717, 1.165) is 39.7 Å². The summed E-state index contributed by atoms with van der Waals surface area (Å²) in [5.41, 5.74) is 2.37. The van der Waals surface area contributed by atoms with E-state index in [0.29, 0.717) is 35.8 Å². The number of benzene rings is 2. The molecule has 4 heterocycles. The number of hydrogen-bond donors (Lipinski definition) is 1. The molecule has 0 unspecified atom stereocenters. The molecule has 0 bridgehead atoms. The summed E-state index contributed by atoms with van der Waals surface area (Å²) in [4.78, 5) is 19.4. The molecule has 0 radical (unpaired) electrons. The third-order valence-electron chi connectivity index (χ3n) is 5.30. The van der Waals surface area contributed by atoms with Gasteiger partial charge in [0.25, 0.3) is 5.22 Å². The molecule has 2 aromatic heterocycles. The molecule has 2 aliphatic heterocycles. The van der Waals surface area contributed by atoms with Crippen LogP contribution in [0.25, 0.3) is 21.7 Å². The number of amides is 1. The predicted molar refractivity (Wildman–Crippen MR) is 128 cm³/mol. The highest BCUT2D eigenvalue weighted by Crippen LogP contribution is 2.36. The van der Waals surface area contributed by atoms with Crippen LogP contribution < -0.4 is 19.7 Å². The van der Waals surface area contributed by atoms with E-state index in [9.17, 15) is 4.79 Å². The number of fused-ring (bicyclic) bond motifs is 2. The maximum atomic E-state index is 12.5. The lowest BCUT2D eigenvalue weighted by molar-refractivity contribution is -0.113. The Bertz CT molecular complexity index is 1350. The molecule has 0 atom stereocenters. The number of anilines is 2. The van der Waals surface area contributed by atoms with Crippen LogP contribution in [0, 0.1) is 0 Å². The maximum Gasteiger partial charge on any atom is 0.277 e. The van der Waals surface area contributed by atoms with Crippen molar-refractivity contribution in [2.45, 2.75) is 5.22 Å². The van der Waals surface area contributed by atoms with E-state index in [-0.39, 0.29) is 18.5 Å². The fraction of sp³-hybridized carbons (Fsp3) is 0.273. The summed E-state index contributed by atoms with van der Waals surface area (Å²) < 4.78 is 22.8. The fourth-order valence-corrected chi connectivity index (χ4v) is 5.24. The summed E-state index contributed by atoms with van der Waals surface area (Å²) in [6.07, 6.45) is 0. The summed E-state index contributed by atoms with van der Waals surface area (Å²) in [7, 11) is 0. The van der Waals surface area contributed by atoms with Crippen molar-refractivity contribution in [1.29, 1.82) is 0 Å². The summed E-state index contributed by atoms with van der Waals surface area (Å²) >= 11 is 2.79. The first-order chi connectivity index (χ1) is 16.7. The lowest BCUT2D eigenvalue weighted by Gasteiger charge is -2.25. The van der Waals surface area contributed by atoms with Crippen molar-refractivity contribution in [1.82, 2.24) is 15.2 Å². The smallest absolute Gasteiger partial charge is 0.277 e. The topological polar surface area (TPSA) is 112 Å². The minimum atomic E-state index is -0.162. The Balaban J connectivity index is 1.07. The second kappa shape index (κ2) is 9.12. The van der Waals surface area contributed by atoms with Gasteiger partial charge in [0, 0.05) is 24.3 Å². The quantitative estimate of drug-likeness (QED) is 0.396. The van der Waals surface area contributed by atoms with Gasteiger partial charge in [-0.2, -0.15) is 0 Å². The van der Waals surface area contributed by atoms with Crippen molar-refractivity contribution in [3.63, 3.8) is 0 Å². The van der Waals surface area contributed by atoms with Crippen LogP contribution in [0.1, 0.15) is 0 Å². The molecule has 174 valence electrons. The zero-order chi connectivity index (χ0) is 22.9. The van der Waals surface area contributed by atoms with Crippen molar-refractivity contribution >= 4 is 50.0 Å². The highest BCUT2D eigenvalue weighted by atomic mass is 32.2. The molecule has 6 rings (SSSR count). The molecule has 0 spiro atoms. The molecular weight excluding hydrogens is 478 g/mol. The van der Waals surface area contributed by atoms with E-state index >= 15 is 0 Å². The minimum Gasteiger partial charge on any atom is -0.454 e. The highest BCUT2D eigenvalue weighted by molar-refractivity contribution is 7.99. The van der Waals surface area contributed by atoms with Crippen molar-refractivity contribution in [2.24, 2.45) is 0 Å². The van der Waals surface area contributed by atoms with E-state index in [1.54, 1.807) is 23.5 Å². The molecule has 1 fully saturated rings. The number of ether oxygens (including phenoxy) is 3. The maximum absolute atomic E-state index is 12.5. The molecule has 2 aromatic carbocycles. The van der Waals surface area contributed by atoms with Crippen LogP contribution in [0.2, 0.25) is 0 Å². The van der Waals surface area contributed by atoms with E-state index < -0.39 is 0 Å². The fourth-order valence-electron chi connectivity index (χ4n) is 3.62. The minimum absolute atomic E-state index is 0.141. The summed E-state index contributed by atoms with van der Waals surface area (Å²) in [5.74, 6) is 1.66. The van der Waals surface area contributed by atoms with Gasteiger partial charge in [0.15, 0.2) is 16.6 Å². The number of carbonyl (C=O) groups is 1. The number of hydrogen-bond acceptors (Lipinski definition) is 11. The first-order valence-corrected chi connectivity index (χ1v) is 12.4. The van der Waals surface area contributed by atoms with Crippen molar-refractivity contribution < 1.29 is 23.4 Å². The lowest BCUT2D eigenvalue weighted by atomic mass is 10.2. The van der Waals surface area contributed by atoms with Crippen LogP contribution in [-0.4, -0.2) is 59.9 Å². The summed E-state index contributed by atoms with van der Waals surface area (Å²) in [6.45, 7) is 3.31. The van der Waals surface area contributed by atoms with Crippen LogP contribution in [0.3, 0.4) is 0 Å². The molecule has 1 amide bonds. The van der Waals surface area contributed by atoms with Gasteiger partial charge >= 0.3 is 0 Å². The normalized spacial score (nSPS) is 15.1. The van der Waals surface area contributed by atoms with E-state index in [1.165, 1.54) is 11.8 Å². The number of morpholine rings is 1. The molecule has 1 saturated heterocycles. The molecule has 12 heteroatoms. The van der Waals surface area contributed by atoms with Crippen molar-refractivity contribution in [3.05, 3.63) is 36.4 Å². The van der Waals surface area contributed by atoms with Crippen LogP contribution in [0.5, 0.6) is 11.5 Å². The number of nitrogens with one attached hydrogen (secondary N) is 1. The molecule has 2 aliphatic rings. The first kappa shape index (κ1) is 21.2. The molecule has 34 heavy (non-hydrogen) atoms. The molecule has 10 nitrogen and oxygen atoms in total. The average Bonchev–Trinajstić information content (AvgIpc) is 3.62. The standard InChI is InChI=1S/C22H19N5O5S2/c28-19(11-33-22-26-25-20(32-22)13-1-4-16-17(9-13)31-12-30-16)23-14-2-3-15-18(10-14)34-21(24-15)27-5-7-29-8-6-27/h1-4,9-10H,5-8,11-12H2,(H,23,28). The Morgan fingerprint density at radius 1 is 1.09 bits per heavy atom. The van der Waals surface area contributed by atoms with Gasteiger partial charge in [-0.05, 0) is 36.4 Å². The molecule has 0 aliphatic carbocycles. The van der Waals surface area contributed by atoms with Gasteiger partial charge in [-0.15, -0.1) is 10.2 Å². The number of nitrogens with zero attached hydrogens (tertiary/aromatic N) is 4. The van der Waals surface area contributed by atoms with E-state index in [4.69, 9.17) is 23.6 Å². The Kier molecular flexibility index (Phi) is 5.69. The van der Waals surface area contributed by atoms with E-state index in [2.05, 4.69) is 20.4 Å². The van der Waals surface area contributed by atoms with Gasteiger partial charge in [0.1, 0.15) is 0 Å². The summed E-state index contributed by atoms with van der Waals surface area (Å²) in [5, 5.41) is 12.3. The number of carbonyl (C=O) groups excluding carboxylic acids is 1. The Morgan fingerprint density at radius 3 is 2.88 bits per heavy atom. The average molecular weight is 498 g/mol. The highest BCUT2D eigenvalue weighted by Gasteiger charge is 2.18. The number of thioether (sulfide) groups is 1. The van der Waals surface area contributed by atoms with Gasteiger partial charge in [-0.25, -0.2) is 4.98 Å². The number of aromatic nitrogens is 3. The predicted octanol–water partition coefficient (Wildman–Crippen LogP) is 3.64. The Hall–Kier alpha value is -3.35. The number of thiazole rings is 1. The zero-order valence-corrected chi connectivity index (χ0v) is 19.5. The first-order valence-electron chi connectivity index (χ1n) is 10.6. The third-order valence-corrected chi connectivity index (χ3v) is 7.19. The van der Waals surface area contributed by atoms with Crippen LogP contribution in [0.15, 0.2) is 46.0 Å². The molecule has 1 N–H and O–H groups in total. The second-order valence-electron chi connectivity index (χ2n) is 7.56. The zero-order valence-electron chi connectivity index (χ0n) is 17.9. The monoisotopic (exact) mass is 497 g/mol. The summed E-state index contributed by atoms with van der Waals surface area (Å²) in [6, 6.07) is 11.1. The van der Waals surface area contributed by atoms with Gasteiger partial charge in [-0.3, -0.25) is 4.79 Å². The molecular formula is C22H19N5O5S2. The van der Waals surface area contributed by atoms with Crippen LogP contribution in [-0.2, 0) is 9.53 Å². The molecule has 4 aromatic rings. The van der Waals surface area contributed by atoms with Crippen LogP contribution >= 0.6 is 23.1 Å². The van der Waals surface area contributed by atoms with E-state index in [1.807, 2.05) is 24.3 Å². The van der Waals surface area contributed by atoms with Crippen molar-refractivity contribution in [3.8, 4) is 23.0 Å².